The van der Waals surface area contributed by atoms with Crippen LogP contribution in [-0.4, -0.2) is 59.7 Å². The summed E-state index contributed by atoms with van der Waals surface area (Å²) in [5.74, 6) is -0.453. The molecule has 11 nitrogen and oxygen atoms in total. The van der Waals surface area contributed by atoms with Crippen LogP contribution in [0.1, 0.15) is 24.0 Å². The molecule has 13 heteroatoms. The highest BCUT2D eigenvalue weighted by atomic mass is 79.9. The van der Waals surface area contributed by atoms with Crippen molar-refractivity contribution in [1.29, 1.82) is 0 Å². The first-order valence-electron chi connectivity index (χ1n) is 14.0. The van der Waals surface area contributed by atoms with Gasteiger partial charge in [0.05, 0.1) is 17.1 Å². The van der Waals surface area contributed by atoms with Gasteiger partial charge in [0, 0.05) is 46.7 Å². The number of carbonyl (C=O) groups is 3. The summed E-state index contributed by atoms with van der Waals surface area (Å²) in [4.78, 5) is 46.8. The molecule has 0 bridgehead atoms. The number of hydrogen-bond donors (Lipinski definition) is 5. The predicted octanol–water partition coefficient (Wildman–Crippen LogP) is 5.12. The summed E-state index contributed by atoms with van der Waals surface area (Å²) in [5.41, 5.74) is 16.1. The number of benzene rings is 3. The van der Waals surface area contributed by atoms with E-state index in [1.807, 2.05) is 29.2 Å². The number of anilines is 4. The van der Waals surface area contributed by atoms with Crippen molar-refractivity contribution in [1.82, 2.24) is 15.3 Å². The number of hydrogen-bond acceptors (Lipinski definition) is 7. The van der Waals surface area contributed by atoms with Crippen LogP contribution in [0.2, 0.25) is 0 Å². The van der Waals surface area contributed by atoms with E-state index in [0.29, 0.717) is 58.5 Å². The average Bonchev–Trinajstić information content (AvgIpc) is 3.15. The molecule has 2 aliphatic rings. The van der Waals surface area contributed by atoms with Crippen LogP contribution in [-0.2, 0) is 22.5 Å². The molecule has 2 aliphatic heterocycles. The summed E-state index contributed by atoms with van der Waals surface area (Å²) in [6.07, 6.45) is 1.47. The Kier molecular flexibility index (Phi) is 9.73. The molecule has 0 unspecified atom stereocenters. The van der Waals surface area contributed by atoms with Gasteiger partial charge in [-0.2, -0.15) is 0 Å². The first kappa shape index (κ1) is 30.6. The molecule has 0 aromatic heterocycles. The maximum absolute atomic E-state index is 13.4. The summed E-state index contributed by atoms with van der Waals surface area (Å²) in [5, 5.41) is 10.1. The lowest BCUT2D eigenvalue weighted by atomic mass is 10.0. The number of hydroxylamine groups is 2. The Labute approximate surface area is 266 Å². The number of nitrogens with two attached hydrogens (primary N) is 2. The molecule has 0 saturated carbocycles. The van der Waals surface area contributed by atoms with Gasteiger partial charge in [-0.3, -0.25) is 4.79 Å². The lowest BCUT2D eigenvalue weighted by molar-refractivity contribution is -0.125. The zero-order valence-electron chi connectivity index (χ0n) is 23.3. The molecule has 2 heterocycles. The quantitative estimate of drug-likeness (QED) is 0.213. The smallest absolute Gasteiger partial charge is 0.397 e. The normalized spacial score (nSPS) is 16.4. The number of para-hydroxylation sites is 3. The van der Waals surface area contributed by atoms with Crippen LogP contribution in [0.3, 0.4) is 0 Å². The molecule has 7 N–H and O–H groups in total. The molecule has 43 heavy (non-hydrogen) atoms. The number of amides is 4. The molecule has 3 aromatic rings. The molecule has 226 valence electrons. The number of urea groups is 1. The molecule has 0 aliphatic carbocycles. The summed E-state index contributed by atoms with van der Waals surface area (Å²) < 4.78 is 1.33. The predicted molar refractivity (Wildman–Crippen MR) is 173 cm³/mol. The standard InChI is InChI=1S/C30H33Br2N7O4/c31-21-15-18(16-22(32)27(21)34)17-26(28(40)35-25-8-4-2-6-23(25)33)37-30(42)43-38-12-10-20(11-13-38)39-14-9-19-5-1-3-7-24(19)36-29(39)41/h1-8,15-16,20,26H,9-14,17,33-34H2,(H,35,40)(H,36,41)(H,37,42)/t26-/m1/s1. The van der Waals surface area contributed by atoms with Crippen molar-refractivity contribution in [3.05, 3.63) is 80.7 Å². The van der Waals surface area contributed by atoms with E-state index < -0.39 is 18.0 Å². The summed E-state index contributed by atoms with van der Waals surface area (Å²) in [6, 6.07) is 17.2. The largest absolute Gasteiger partial charge is 0.426 e. The van der Waals surface area contributed by atoms with E-state index >= 15 is 0 Å². The van der Waals surface area contributed by atoms with Crippen molar-refractivity contribution in [3.63, 3.8) is 0 Å². The molecule has 0 spiro atoms. The Balaban J connectivity index is 1.20. The van der Waals surface area contributed by atoms with Gasteiger partial charge < -0.3 is 37.2 Å². The third-order valence-electron chi connectivity index (χ3n) is 7.62. The lowest BCUT2D eigenvalue weighted by Gasteiger charge is -2.37. The van der Waals surface area contributed by atoms with Gasteiger partial charge >= 0.3 is 12.1 Å². The van der Waals surface area contributed by atoms with E-state index in [2.05, 4.69) is 47.8 Å². The van der Waals surface area contributed by atoms with Crippen molar-refractivity contribution in [3.8, 4) is 0 Å². The monoisotopic (exact) mass is 713 g/mol. The zero-order chi connectivity index (χ0) is 30.5. The number of carbonyl (C=O) groups excluding carboxylic acids is 3. The van der Waals surface area contributed by atoms with E-state index in [1.165, 1.54) is 0 Å². The Morgan fingerprint density at radius 2 is 1.67 bits per heavy atom. The van der Waals surface area contributed by atoms with Crippen molar-refractivity contribution in [2.75, 3.05) is 41.7 Å². The number of nitrogen functional groups attached to an aromatic ring is 2. The number of halogens is 2. The van der Waals surface area contributed by atoms with E-state index in [0.717, 1.165) is 23.2 Å². The summed E-state index contributed by atoms with van der Waals surface area (Å²) in [6.45, 7) is 1.52. The highest BCUT2D eigenvalue weighted by Crippen LogP contribution is 2.30. The fraction of sp³-hybridized carbons (Fsp3) is 0.300. The third-order valence-corrected chi connectivity index (χ3v) is 8.94. The molecule has 5 rings (SSSR count). The number of fused-ring (bicyclic) bond motifs is 1. The molecular weight excluding hydrogens is 682 g/mol. The SMILES string of the molecule is Nc1ccccc1NC(=O)[C@@H](Cc1cc(Br)c(N)c(Br)c1)NC(=O)ON1CCC(N2CCc3ccccc3NC2=O)CC1. The molecule has 0 radical (unpaired) electrons. The van der Waals surface area contributed by atoms with Gasteiger partial charge in [-0.25, -0.2) is 9.59 Å². The Hall–Kier alpha value is -3.81. The zero-order valence-corrected chi connectivity index (χ0v) is 26.5. The minimum Gasteiger partial charge on any atom is -0.397 e. The van der Waals surface area contributed by atoms with Gasteiger partial charge in [0.2, 0.25) is 5.91 Å². The first-order chi connectivity index (χ1) is 20.7. The van der Waals surface area contributed by atoms with Crippen molar-refractivity contribution >= 4 is 72.6 Å². The minimum absolute atomic E-state index is 0.0227. The second-order valence-electron chi connectivity index (χ2n) is 10.5. The lowest BCUT2D eigenvalue weighted by Crippen LogP contribution is -2.51. The van der Waals surface area contributed by atoms with E-state index in [1.54, 1.807) is 41.5 Å². The van der Waals surface area contributed by atoms with E-state index in [4.69, 9.17) is 16.3 Å². The van der Waals surface area contributed by atoms with Gasteiger partial charge in [0.15, 0.2) is 0 Å². The van der Waals surface area contributed by atoms with Crippen LogP contribution in [0.25, 0.3) is 0 Å². The second kappa shape index (κ2) is 13.7. The van der Waals surface area contributed by atoms with Crippen molar-refractivity contribution < 1.29 is 19.2 Å². The highest BCUT2D eigenvalue weighted by Gasteiger charge is 2.32. The van der Waals surface area contributed by atoms with Crippen LogP contribution < -0.4 is 27.4 Å². The topological polar surface area (TPSA) is 155 Å². The van der Waals surface area contributed by atoms with Gasteiger partial charge in [-0.15, -0.1) is 5.06 Å². The molecule has 3 aromatic carbocycles. The summed E-state index contributed by atoms with van der Waals surface area (Å²) in [7, 11) is 0. The summed E-state index contributed by atoms with van der Waals surface area (Å²) >= 11 is 6.87. The molecule has 1 saturated heterocycles. The van der Waals surface area contributed by atoms with Gasteiger partial charge in [-0.05, 0) is 92.6 Å². The number of nitrogens with zero attached hydrogens (tertiary/aromatic N) is 2. The third kappa shape index (κ3) is 7.59. The number of piperidine rings is 1. The van der Waals surface area contributed by atoms with Crippen LogP contribution in [0.4, 0.5) is 32.3 Å². The Morgan fingerprint density at radius 3 is 2.40 bits per heavy atom. The fourth-order valence-electron chi connectivity index (χ4n) is 5.30. The van der Waals surface area contributed by atoms with Gasteiger partial charge in [0.1, 0.15) is 6.04 Å². The fourth-order valence-corrected chi connectivity index (χ4v) is 6.58. The Bertz CT molecular complexity index is 1490. The van der Waals surface area contributed by atoms with Crippen molar-refractivity contribution in [2.24, 2.45) is 0 Å². The van der Waals surface area contributed by atoms with E-state index in [9.17, 15) is 14.4 Å². The number of rotatable bonds is 7. The highest BCUT2D eigenvalue weighted by molar-refractivity contribution is 9.11. The second-order valence-corrected chi connectivity index (χ2v) is 12.2. The van der Waals surface area contributed by atoms with Crippen LogP contribution in [0, 0.1) is 0 Å². The van der Waals surface area contributed by atoms with E-state index in [-0.39, 0.29) is 18.5 Å². The number of nitrogens with one attached hydrogen (secondary N) is 3. The van der Waals surface area contributed by atoms with Crippen LogP contribution >= 0.6 is 31.9 Å². The van der Waals surface area contributed by atoms with Crippen LogP contribution in [0.15, 0.2) is 69.6 Å². The molecule has 1 atom stereocenters. The first-order valence-corrected chi connectivity index (χ1v) is 15.5. The van der Waals surface area contributed by atoms with Crippen molar-refractivity contribution in [2.45, 2.75) is 37.8 Å². The minimum atomic E-state index is -0.977. The van der Waals surface area contributed by atoms with Crippen LogP contribution in [0.5, 0.6) is 0 Å². The molecular formula is C30H33Br2N7O4. The Morgan fingerprint density at radius 1 is 1.00 bits per heavy atom. The maximum Gasteiger partial charge on any atom is 0.426 e. The van der Waals surface area contributed by atoms with Gasteiger partial charge in [-0.1, -0.05) is 30.3 Å². The molecule has 4 amide bonds. The molecule has 1 fully saturated rings. The average molecular weight is 715 g/mol. The maximum atomic E-state index is 13.4. The van der Waals surface area contributed by atoms with Gasteiger partial charge in [0.25, 0.3) is 0 Å².